The second kappa shape index (κ2) is 5.77. The van der Waals surface area contributed by atoms with Crippen molar-refractivity contribution in [3.63, 3.8) is 0 Å². The molecule has 0 aliphatic rings. The number of halogens is 2. The van der Waals surface area contributed by atoms with Gasteiger partial charge in [0.05, 0.1) is 6.10 Å². The summed E-state index contributed by atoms with van der Waals surface area (Å²) in [6.45, 7) is 3.80. The first kappa shape index (κ1) is 14.1. The fourth-order valence-corrected chi connectivity index (χ4v) is 1.83. The maximum Gasteiger partial charge on any atom is 0.128 e. The second-order valence-electron chi connectivity index (χ2n) is 4.74. The van der Waals surface area contributed by atoms with Gasteiger partial charge in [-0.1, -0.05) is 0 Å². The third-order valence-corrected chi connectivity index (χ3v) is 2.45. The van der Waals surface area contributed by atoms with Gasteiger partial charge in [0, 0.05) is 35.3 Å². The van der Waals surface area contributed by atoms with E-state index in [1.807, 2.05) is 13.8 Å². The molecule has 0 radical (unpaired) electrons. The van der Waals surface area contributed by atoms with Gasteiger partial charge in [0.2, 0.25) is 0 Å². The van der Waals surface area contributed by atoms with Crippen LogP contribution in [0.25, 0.3) is 0 Å². The lowest BCUT2D eigenvalue weighted by molar-refractivity contribution is 0.242. The molecule has 3 N–H and O–H groups in total. The van der Waals surface area contributed by atoms with Gasteiger partial charge in [0.25, 0.3) is 0 Å². The van der Waals surface area contributed by atoms with E-state index in [4.69, 9.17) is 10.5 Å². The highest BCUT2D eigenvalue weighted by Crippen LogP contribution is 2.26. The van der Waals surface area contributed by atoms with E-state index in [0.717, 1.165) is 6.07 Å². The molecule has 0 unspecified atom stereocenters. The zero-order chi connectivity index (χ0) is 14.7. The predicted octanol–water partition coefficient (Wildman–Crippen LogP) is 4.08. The zero-order valence-corrected chi connectivity index (χ0v) is 11.3. The molecular weight excluding hydrogens is 262 g/mol. The lowest BCUT2D eigenvalue weighted by Crippen LogP contribution is -2.06. The molecular formula is C15H16F2N2O. The molecule has 0 aliphatic heterocycles. The predicted molar refractivity (Wildman–Crippen MR) is 76.3 cm³/mol. The van der Waals surface area contributed by atoms with Crippen LogP contribution in [0.15, 0.2) is 36.4 Å². The Labute approximate surface area is 116 Å². The number of hydrogen-bond acceptors (Lipinski definition) is 3. The molecule has 0 saturated carbocycles. The summed E-state index contributed by atoms with van der Waals surface area (Å²) < 4.78 is 31.8. The molecule has 0 saturated heterocycles. The number of nitrogen functional groups attached to an aromatic ring is 1. The van der Waals surface area contributed by atoms with Crippen molar-refractivity contribution in [2.75, 3.05) is 11.1 Å². The normalized spacial score (nSPS) is 10.7. The van der Waals surface area contributed by atoms with Crippen molar-refractivity contribution in [2.45, 2.75) is 20.0 Å². The van der Waals surface area contributed by atoms with Gasteiger partial charge < -0.3 is 15.8 Å². The van der Waals surface area contributed by atoms with Crippen molar-refractivity contribution in [2.24, 2.45) is 0 Å². The summed E-state index contributed by atoms with van der Waals surface area (Å²) in [4.78, 5) is 0. The van der Waals surface area contributed by atoms with E-state index >= 15 is 0 Å². The number of anilines is 3. The lowest BCUT2D eigenvalue weighted by atomic mass is 10.2. The van der Waals surface area contributed by atoms with E-state index in [0.29, 0.717) is 22.8 Å². The molecule has 0 aromatic heterocycles. The number of benzene rings is 2. The third-order valence-electron chi connectivity index (χ3n) is 2.45. The minimum Gasteiger partial charge on any atom is -0.491 e. The van der Waals surface area contributed by atoms with Gasteiger partial charge in [-0.25, -0.2) is 8.78 Å². The molecule has 0 bridgehead atoms. The molecule has 106 valence electrons. The summed E-state index contributed by atoms with van der Waals surface area (Å²) in [5, 5.41) is 2.90. The summed E-state index contributed by atoms with van der Waals surface area (Å²) >= 11 is 0. The number of ether oxygens (including phenoxy) is 1. The smallest absolute Gasteiger partial charge is 0.128 e. The Morgan fingerprint density at radius 2 is 1.55 bits per heavy atom. The van der Waals surface area contributed by atoms with E-state index in [1.165, 1.54) is 12.1 Å². The second-order valence-corrected chi connectivity index (χ2v) is 4.74. The van der Waals surface area contributed by atoms with Gasteiger partial charge in [-0.2, -0.15) is 0 Å². The van der Waals surface area contributed by atoms with Crippen LogP contribution >= 0.6 is 0 Å². The third kappa shape index (κ3) is 3.85. The van der Waals surface area contributed by atoms with Crippen LogP contribution in [0.5, 0.6) is 5.75 Å². The molecule has 5 heteroatoms. The fourth-order valence-electron chi connectivity index (χ4n) is 1.83. The minimum absolute atomic E-state index is 0.0104. The Hall–Kier alpha value is -2.30. The van der Waals surface area contributed by atoms with Gasteiger partial charge in [-0.15, -0.1) is 0 Å². The summed E-state index contributed by atoms with van der Waals surface area (Å²) in [5.41, 5.74) is 7.19. The van der Waals surface area contributed by atoms with E-state index in [-0.39, 0.29) is 6.10 Å². The molecule has 0 heterocycles. The first-order valence-corrected chi connectivity index (χ1v) is 6.23. The summed E-state index contributed by atoms with van der Waals surface area (Å²) in [6, 6.07) is 8.30. The van der Waals surface area contributed by atoms with Gasteiger partial charge in [-0.05, 0) is 32.0 Å². The number of nitrogens with one attached hydrogen (secondary N) is 1. The first-order valence-electron chi connectivity index (χ1n) is 6.23. The average molecular weight is 278 g/mol. The maximum absolute atomic E-state index is 13.1. The van der Waals surface area contributed by atoms with Crippen LogP contribution in [0.1, 0.15) is 13.8 Å². The molecule has 0 aliphatic carbocycles. The van der Waals surface area contributed by atoms with Crippen LogP contribution in [-0.4, -0.2) is 6.10 Å². The Morgan fingerprint density at radius 1 is 0.950 bits per heavy atom. The summed E-state index contributed by atoms with van der Waals surface area (Å²) in [5.74, 6) is -0.690. The monoisotopic (exact) mass is 278 g/mol. The first-order chi connectivity index (χ1) is 9.42. The van der Waals surface area contributed by atoms with Gasteiger partial charge in [0.1, 0.15) is 17.4 Å². The van der Waals surface area contributed by atoms with E-state index < -0.39 is 11.6 Å². The van der Waals surface area contributed by atoms with Crippen LogP contribution in [0, 0.1) is 11.6 Å². The van der Waals surface area contributed by atoms with Crippen molar-refractivity contribution in [3.8, 4) is 5.75 Å². The number of rotatable bonds is 4. The largest absolute Gasteiger partial charge is 0.491 e. The molecule has 2 rings (SSSR count). The Balaban J connectivity index is 2.26. The van der Waals surface area contributed by atoms with E-state index in [2.05, 4.69) is 5.32 Å². The zero-order valence-electron chi connectivity index (χ0n) is 11.3. The van der Waals surface area contributed by atoms with Gasteiger partial charge in [-0.3, -0.25) is 0 Å². The van der Waals surface area contributed by atoms with Crippen LogP contribution < -0.4 is 15.8 Å². The van der Waals surface area contributed by atoms with Crippen LogP contribution in [0.4, 0.5) is 25.8 Å². The van der Waals surface area contributed by atoms with Crippen molar-refractivity contribution in [1.82, 2.24) is 0 Å². The Kier molecular flexibility index (Phi) is 4.08. The highest BCUT2D eigenvalue weighted by Gasteiger charge is 2.05. The Morgan fingerprint density at radius 3 is 2.15 bits per heavy atom. The molecule has 20 heavy (non-hydrogen) atoms. The molecule has 0 fully saturated rings. The van der Waals surface area contributed by atoms with Crippen molar-refractivity contribution >= 4 is 17.1 Å². The molecule has 0 amide bonds. The molecule has 0 atom stereocenters. The van der Waals surface area contributed by atoms with Crippen LogP contribution in [-0.2, 0) is 0 Å². The van der Waals surface area contributed by atoms with Crippen molar-refractivity contribution < 1.29 is 13.5 Å². The number of nitrogens with two attached hydrogens (primary N) is 1. The summed E-state index contributed by atoms with van der Waals surface area (Å²) in [6.07, 6.45) is 0.0104. The quantitative estimate of drug-likeness (QED) is 0.828. The average Bonchev–Trinajstić information content (AvgIpc) is 2.24. The highest BCUT2D eigenvalue weighted by atomic mass is 19.1. The minimum atomic E-state index is -0.643. The molecule has 3 nitrogen and oxygen atoms in total. The summed E-state index contributed by atoms with van der Waals surface area (Å²) in [7, 11) is 0. The maximum atomic E-state index is 13.1. The van der Waals surface area contributed by atoms with Gasteiger partial charge in [0.15, 0.2) is 0 Å². The topological polar surface area (TPSA) is 47.3 Å². The highest BCUT2D eigenvalue weighted by molar-refractivity contribution is 5.66. The molecule has 2 aromatic rings. The van der Waals surface area contributed by atoms with Crippen molar-refractivity contribution in [3.05, 3.63) is 48.0 Å². The van der Waals surface area contributed by atoms with E-state index in [1.54, 1.807) is 18.2 Å². The van der Waals surface area contributed by atoms with Crippen LogP contribution in [0.2, 0.25) is 0 Å². The van der Waals surface area contributed by atoms with Gasteiger partial charge >= 0.3 is 0 Å². The SMILES string of the molecule is CC(C)Oc1cc(N)cc(Nc2cc(F)cc(F)c2)c1. The van der Waals surface area contributed by atoms with E-state index in [9.17, 15) is 8.78 Å². The molecule has 0 spiro atoms. The number of hydrogen-bond donors (Lipinski definition) is 2. The standard InChI is InChI=1S/C15H16F2N2O/c1-9(2)20-15-7-12(18)6-14(8-15)19-13-4-10(16)3-11(17)5-13/h3-9,19H,18H2,1-2H3. The fraction of sp³-hybridized carbons (Fsp3) is 0.200. The lowest BCUT2D eigenvalue weighted by Gasteiger charge is -2.13. The van der Waals surface area contributed by atoms with Crippen molar-refractivity contribution in [1.29, 1.82) is 0 Å². The van der Waals surface area contributed by atoms with Crippen LogP contribution in [0.3, 0.4) is 0 Å². The Bertz CT molecular complexity index is 595. The molecule has 2 aromatic carbocycles.